The van der Waals surface area contributed by atoms with E-state index in [4.69, 9.17) is 20.3 Å². The van der Waals surface area contributed by atoms with Crippen molar-refractivity contribution in [2.24, 2.45) is 0 Å². The number of hydrogen-bond donors (Lipinski definition) is 2. The molecule has 3 N–H and O–H groups in total. The Balaban J connectivity index is 2.07. The second kappa shape index (κ2) is 8.69. The van der Waals surface area contributed by atoms with Crippen LogP contribution in [-0.2, 0) is 11.3 Å². The molecule has 3 aromatic rings. The van der Waals surface area contributed by atoms with Crippen LogP contribution in [-0.4, -0.2) is 49.7 Å². The molecule has 0 bridgehead atoms. The third-order valence-corrected chi connectivity index (χ3v) is 4.34. The molecule has 0 fully saturated rings. The summed E-state index contributed by atoms with van der Waals surface area (Å²) in [6, 6.07) is 9.63. The van der Waals surface area contributed by atoms with Gasteiger partial charge in [0.1, 0.15) is 0 Å². The molecule has 2 heterocycles. The van der Waals surface area contributed by atoms with E-state index >= 15 is 0 Å². The van der Waals surface area contributed by atoms with Gasteiger partial charge in [-0.25, -0.2) is 14.8 Å². The van der Waals surface area contributed by atoms with Gasteiger partial charge in [0.05, 0.1) is 19.8 Å². The highest BCUT2D eigenvalue weighted by Crippen LogP contribution is 2.27. The van der Waals surface area contributed by atoms with Gasteiger partial charge in [-0.1, -0.05) is 42.1 Å². The third-order valence-electron chi connectivity index (χ3n) is 3.51. The smallest absolute Gasteiger partial charge is 0.434 e. The van der Waals surface area contributed by atoms with Crippen molar-refractivity contribution in [3.63, 3.8) is 0 Å². The molecule has 0 spiro atoms. The van der Waals surface area contributed by atoms with Gasteiger partial charge < -0.3 is 20.3 Å². The number of aliphatic hydroxyl groups excluding tert-OH is 1. The molecule has 0 unspecified atom stereocenters. The van der Waals surface area contributed by atoms with Gasteiger partial charge in [-0.3, -0.25) is 4.57 Å². The van der Waals surface area contributed by atoms with Gasteiger partial charge in [0.25, 0.3) is 0 Å². The van der Waals surface area contributed by atoms with Gasteiger partial charge in [-0.2, -0.15) is 4.98 Å². The van der Waals surface area contributed by atoms with E-state index in [0.717, 1.165) is 5.56 Å². The fourth-order valence-electron chi connectivity index (χ4n) is 2.39. The van der Waals surface area contributed by atoms with Crippen molar-refractivity contribution in [2.75, 3.05) is 24.7 Å². The molecule has 3 rings (SSSR count). The molecule has 142 valence electrons. The first-order valence-corrected chi connectivity index (χ1v) is 9.26. The minimum absolute atomic E-state index is 0.00747. The van der Waals surface area contributed by atoms with Gasteiger partial charge >= 0.3 is 12.2 Å². The second-order valence-electron chi connectivity index (χ2n) is 5.39. The summed E-state index contributed by atoms with van der Waals surface area (Å²) in [7, 11) is 0. The highest BCUT2D eigenvalue weighted by atomic mass is 32.2. The van der Waals surface area contributed by atoms with Crippen LogP contribution in [0.3, 0.4) is 0 Å². The Morgan fingerprint density at radius 1 is 1.26 bits per heavy atom. The standard InChI is InChI=1S/C17H19N5O4S/c1-2-25-17(24)26-16-19-12-13(18)20-15(27-9-8-23)21-14(12)22(16)10-11-6-4-3-5-7-11/h3-7,23H,2,8-10H2,1H3,(H2,18,20,21). The zero-order chi connectivity index (χ0) is 19.2. The Bertz CT molecular complexity index is 932. The summed E-state index contributed by atoms with van der Waals surface area (Å²) in [6.45, 7) is 2.23. The first-order chi connectivity index (χ1) is 13.1. The molecule has 0 aliphatic heterocycles. The molecular weight excluding hydrogens is 370 g/mol. The maximum absolute atomic E-state index is 11.8. The molecule has 27 heavy (non-hydrogen) atoms. The largest absolute Gasteiger partial charge is 0.516 e. The van der Waals surface area contributed by atoms with Crippen LogP contribution in [0.25, 0.3) is 11.2 Å². The van der Waals surface area contributed by atoms with E-state index in [0.29, 0.717) is 28.6 Å². The van der Waals surface area contributed by atoms with Crippen LogP contribution in [0.4, 0.5) is 10.6 Å². The number of aromatic nitrogens is 4. The zero-order valence-corrected chi connectivity index (χ0v) is 15.5. The number of thioether (sulfide) groups is 1. The maximum Gasteiger partial charge on any atom is 0.516 e. The van der Waals surface area contributed by atoms with Crippen LogP contribution in [0, 0.1) is 0 Å². The Labute approximate surface area is 159 Å². The molecule has 0 radical (unpaired) electrons. The number of imidazole rings is 1. The molecule has 0 atom stereocenters. The first-order valence-electron chi connectivity index (χ1n) is 8.28. The molecule has 2 aromatic heterocycles. The van der Waals surface area contributed by atoms with Crippen molar-refractivity contribution < 1.29 is 19.4 Å². The highest BCUT2D eigenvalue weighted by molar-refractivity contribution is 7.99. The first kappa shape index (κ1) is 18.9. The lowest BCUT2D eigenvalue weighted by Gasteiger charge is -2.09. The van der Waals surface area contributed by atoms with Crippen LogP contribution >= 0.6 is 11.8 Å². The molecule has 10 heteroatoms. The van der Waals surface area contributed by atoms with E-state index in [9.17, 15) is 4.79 Å². The van der Waals surface area contributed by atoms with E-state index in [1.165, 1.54) is 11.8 Å². The molecule has 0 saturated carbocycles. The molecule has 0 saturated heterocycles. The van der Waals surface area contributed by atoms with Crippen molar-refractivity contribution in [3.8, 4) is 6.01 Å². The van der Waals surface area contributed by atoms with Crippen molar-refractivity contribution in [2.45, 2.75) is 18.6 Å². The minimum atomic E-state index is -0.858. The van der Waals surface area contributed by atoms with Crippen molar-refractivity contribution in [1.82, 2.24) is 19.5 Å². The number of nitrogen functional groups attached to an aromatic ring is 1. The van der Waals surface area contributed by atoms with E-state index in [2.05, 4.69) is 15.0 Å². The number of carbonyl (C=O) groups excluding carboxylic acids is 1. The number of fused-ring (bicyclic) bond motifs is 1. The van der Waals surface area contributed by atoms with Crippen LogP contribution in [0.15, 0.2) is 35.5 Å². The number of hydrogen-bond acceptors (Lipinski definition) is 9. The lowest BCUT2D eigenvalue weighted by Crippen LogP contribution is -2.14. The van der Waals surface area contributed by atoms with Crippen LogP contribution in [0.5, 0.6) is 6.01 Å². The van der Waals surface area contributed by atoms with Gasteiger partial charge in [0.2, 0.25) is 0 Å². The monoisotopic (exact) mass is 389 g/mol. The zero-order valence-electron chi connectivity index (χ0n) is 14.7. The van der Waals surface area contributed by atoms with Gasteiger partial charge in [0.15, 0.2) is 22.1 Å². The Hall–Kier alpha value is -2.85. The fraction of sp³-hybridized carbons (Fsp3) is 0.294. The number of ether oxygens (including phenoxy) is 2. The average Bonchev–Trinajstić information content (AvgIpc) is 2.99. The molecule has 0 amide bonds. The van der Waals surface area contributed by atoms with Gasteiger partial charge in [-0.15, -0.1) is 0 Å². The number of nitrogens with two attached hydrogens (primary N) is 1. The summed E-state index contributed by atoms with van der Waals surface area (Å²) in [6.07, 6.45) is -0.858. The lowest BCUT2D eigenvalue weighted by atomic mass is 10.2. The van der Waals surface area contributed by atoms with Crippen molar-refractivity contribution in [3.05, 3.63) is 35.9 Å². The lowest BCUT2D eigenvalue weighted by molar-refractivity contribution is 0.0995. The number of benzene rings is 1. The summed E-state index contributed by atoms with van der Waals surface area (Å²) >= 11 is 1.27. The van der Waals surface area contributed by atoms with Gasteiger partial charge in [-0.05, 0) is 12.5 Å². The second-order valence-corrected chi connectivity index (χ2v) is 6.45. The summed E-state index contributed by atoms with van der Waals surface area (Å²) < 4.78 is 11.7. The Kier molecular flexibility index (Phi) is 6.09. The summed E-state index contributed by atoms with van der Waals surface area (Å²) in [5, 5.41) is 9.43. The molecular formula is C17H19N5O4S. The quantitative estimate of drug-likeness (QED) is 0.355. The number of anilines is 1. The summed E-state index contributed by atoms with van der Waals surface area (Å²) in [5.74, 6) is 0.602. The maximum atomic E-state index is 11.8. The third kappa shape index (κ3) is 4.47. The van der Waals surface area contributed by atoms with E-state index in [1.54, 1.807) is 11.5 Å². The SMILES string of the molecule is CCOC(=O)Oc1nc2c(N)nc(SCCO)nc2n1Cc1ccccc1. The number of nitrogens with zero attached hydrogens (tertiary/aromatic N) is 4. The van der Waals surface area contributed by atoms with Gasteiger partial charge in [0, 0.05) is 5.75 Å². The molecule has 9 nitrogen and oxygen atoms in total. The van der Waals surface area contributed by atoms with Crippen molar-refractivity contribution >= 4 is 34.9 Å². The molecule has 0 aliphatic rings. The topological polar surface area (TPSA) is 125 Å². The predicted octanol–water partition coefficient (Wildman–Crippen LogP) is 2.08. The van der Waals surface area contributed by atoms with Crippen LogP contribution in [0.1, 0.15) is 12.5 Å². The number of carbonyl (C=O) groups is 1. The van der Waals surface area contributed by atoms with E-state index in [1.807, 2.05) is 30.3 Å². The van der Waals surface area contributed by atoms with E-state index < -0.39 is 6.16 Å². The average molecular weight is 389 g/mol. The minimum Gasteiger partial charge on any atom is -0.434 e. The predicted molar refractivity (Wildman–Crippen MR) is 101 cm³/mol. The fourth-order valence-corrected chi connectivity index (χ4v) is 2.98. The molecule has 0 aliphatic carbocycles. The van der Waals surface area contributed by atoms with Crippen molar-refractivity contribution in [1.29, 1.82) is 0 Å². The summed E-state index contributed by atoms with van der Waals surface area (Å²) in [5.41, 5.74) is 7.75. The number of rotatable bonds is 7. The Morgan fingerprint density at radius 2 is 2.04 bits per heavy atom. The molecule has 1 aromatic carbocycles. The highest BCUT2D eigenvalue weighted by Gasteiger charge is 2.21. The van der Waals surface area contributed by atoms with E-state index in [-0.39, 0.29) is 25.0 Å². The van der Waals surface area contributed by atoms with Crippen LogP contribution in [0.2, 0.25) is 0 Å². The number of aliphatic hydroxyl groups is 1. The Morgan fingerprint density at radius 3 is 2.74 bits per heavy atom. The van der Waals surface area contributed by atoms with Crippen LogP contribution < -0.4 is 10.5 Å². The summed E-state index contributed by atoms with van der Waals surface area (Å²) in [4.78, 5) is 24.7. The normalized spacial score (nSPS) is 10.9.